The van der Waals surface area contributed by atoms with Gasteiger partial charge >= 0.3 is 12.1 Å². The minimum Gasteiger partial charge on any atom is -0.448 e. The van der Waals surface area contributed by atoms with Crippen molar-refractivity contribution >= 4 is 5.97 Å². The molecule has 3 aromatic heterocycles. The quantitative estimate of drug-likeness (QED) is 0.403. The van der Waals surface area contributed by atoms with Crippen molar-refractivity contribution in [3.05, 3.63) is 87.9 Å². The predicted octanol–water partition coefficient (Wildman–Crippen LogP) is 3.92. The summed E-state index contributed by atoms with van der Waals surface area (Å²) in [7, 11) is 0. The SMILES string of the molecule is Cc1cc(=O)c(C(=O)OC(C)c2nc(-c3cccnc3)no2)nn1-c1cccc(C(F)(F)F)c1. The first-order valence-electron chi connectivity index (χ1n) is 9.87. The molecule has 0 aliphatic rings. The van der Waals surface area contributed by atoms with Crippen LogP contribution in [0.3, 0.4) is 0 Å². The molecule has 0 saturated carbocycles. The summed E-state index contributed by atoms with van der Waals surface area (Å²) in [6.07, 6.45) is -2.50. The van der Waals surface area contributed by atoms with E-state index in [1.54, 1.807) is 18.3 Å². The van der Waals surface area contributed by atoms with E-state index in [9.17, 15) is 22.8 Å². The van der Waals surface area contributed by atoms with E-state index in [4.69, 9.17) is 9.26 Å². The van der Waals surface area contributed by atoms with Crippen LogP contribution in [0.25, 0.3) is 17.1 Å². The van der Waals surface area contributed by atoms with Crippen LogP contribution in [-0.4, -0.2) is 30.9 Å². The average molecular weight is 471 g/mol. The molecule has 1 atom stereocenters. The Kier molecular flexibility index (Phi) is 5.97. The van der Waals surface area contributed by atoms with Crippen molar-refractivity contribution in [3.8, 4) is 17.1 Å². The van der Waals surface area contributed by atoms with Gasteiger partial charge in [-0.2, -0.15) is 23.3 Å². The molecule has 0 bridgehead atoms. The summed E-state index contributed by atoms with van der Waals surface area (Å²) in [6, 6.07) is 8.82. The molecule has 4 rings (SSSR count). The van der Waals surface area contributed by atoms with Gasteiger partial charge < -0.3 is 9.26 Å². The summed E-state index contributed by atoms with van der Waals surface area (Å²) in [5, 5.41) is 7.76. The number of alkyl halides is 3. The number of esters is 1. The molecule has 0 aliphatic carbocycles. The number of rotatable bonds is 5. The Balaban J connectivity index is 1.60. The zero-order valence-corrected chi connectivity index (χ0v) is 17.8. The first-order valence-corrected chi connectivity index (χ1v) is 9.87. The molecule has 1 aromatic carbocycles. The molecule has 0 N–H and O–H groups in total. The number of aromatic nitrogens is 5. The summed E-state index contributed by atoms with van der Waals surface area (Å²) in [5.41, 5.74) is -1.43. The Labute approximate surface area is 189 Å². The van der Waals surface area contributed by atoms with Crippen LogP contribution in [-0.2, 0) is 10.9 Å². The normalized spacial score (nSPS) is 12.4. The van der Waals surface area contributed by atoms with Gasteiger partial charge in [-0.3, -0.25) is 9.78 Å². The topological polar surface area (TPSA) is 113 Å². The van der Waals surface area contributed by atoms with Crippen LogP contribution in [0.15, 0.2) is 64.2 Å². The molecular formula is C22H16F3N5O4. The van der Waals surface area contributed by atoms with E-state index in [2.05, 4.69) is 20.2 Å². The van der Waals surface area contributed by atoms with Crippen LogP contribution in [0, 0.1) is 6.92 Å². The van der Waals surface area contributed by atoms with Crippen LogP contribution in [0.4, 0.5) is 13.2 Å². The van der Waals surface area contributed by atoms with Crippen molar-refractivity contribution in [1.82, 2.24) is 24.9 Å². The molecule has 12 heteroatoms. The summed E-state index contributed by atoms with van der Waals surface area (Å²) >= 11 is 0. The van der Waals surface area contributed by atoms with E-state index < -0.39 is 34.9 Å². The molecular weight excluding hydrogens is 455 g/mol. The number of halogens is 3. The molecule has 9 nitrogen and oxygen atoms in total. The van der Waals surface area contributed by atoms with Gasteiger partial charge in [-0.1, -0.05) is 11.2 Å². The molecule has 1 unspecified atom stereocenters. The van der Waals surface area contributed by atoms with Crippen LogP contribution in [0.5, 0.6) is 0 Å². The second-order valence-electron chi connectivity index (χ2n) is 7.20. The van der Waals surface area contributed by atoms with Crippen molar-refractivity contribution in [2.75, 3.05) is 0 Å². The lowest BCUT2D eigenvalue weighted by molar-refractivity contribution is -0.137. The van der Waals surface area contributed by atoms with Crippen molar-refractivity contribution in [3.63, 3.8) is 0 Å². The van der Waals surface area contributed by atoms with Crippen LogP contribution >= 0.6 is 0 Å². The predicted molar refractivity (Wildman–Crippen MR) is 111 cm³/mol. The fourth-order valence-electron chi connectivity index (χ4n) is 3.04. The number of nitrogens with zero attached hydrogens (tertiary/aromatic N) is 5. The average Bonchev–Trinajstić information content (AvgIpc) is 3.30. The lowest BCUT2D eigenvalue weighted by Crippen LogP contribution is -2.25. The fraction of sp³-hybridized carbons (Fsp3) is 0.182. The summed E-state index contributed by atoms with van der Waals surface area (Å²) in [6.45, 7) is 2.93. The van der Waals surface area contributed by atoms with Gasteiger partial charge in [0.1, 0.15) is 0 Å². The van der Waals surface area contributed by atoms with Crippen LogP contribution < -0.4 is 5.43 Å². The number of carbonyl (C=O) groups excluding carboxylic acids is 1. The van der Waals surface area contributed by atoms with E-state index in [0.29, 0.717) is 5.56 Å². The smallest absolute Gasteiger partial charge is 0.416 e. The van der Waals surface area contributed by atoms with Crippen molar-refractivity contribution in [2.45, 2.75) is 26.1 Å². The maximum Gasteiger partial charge on any atom is 0.416 e. The van der Waals surface area contributed by atoms with Crippen LogP contribution in [0.2, 0.25) is 0 Å². The van der Waals surface area contributed by atoms with Gasteiger partial charge in [-0.05, 0) is 44.2 Å². The number of hydrogen-bond acceptors (Lipinski definition) is 8. The second kappa shape index (κ2) is 8.89. The Bertz CT molecular complexity index is 1400. The highest BCUT2D eigenvalue weighted by molar-refractivity contribution is 5.87. The largest absolute Gasteiger partial charge is 0.448 e. The molecule has 0 amide bonds. The molecule has 34 heavy (non-hydrogen) atoms. The third-order valence-corrected chi connectivity index (χ3v) is 4.71. The maximum absolute atomic E-state index is 13.1. The van der Waals surface area contributed by atoms with E-state index >= 15 is 0 Å². The molecule has 0 aliphatic heterocycles. The maximum atomic E-state index is 13.1. The minimum atomic E-state index is -4.57. The van der Waals surface area contributed by atoms with Gasteiger partial charge in [-0.15, -0.1) is 0 Å². The Morgan fingerprint density at radius 3 is 2.68 bits per heavy atom. The summed E-state index contributed by atoms with van der Waals surface area (Å²) < 4.78 is 50.7. The number of hydrogen-bond donors (Lipinski definition) is 0. The van der Waals surface area contributed by atoms with Crippen molar-refractivity contribution < 1.29 is 27.2 Å². The molecule has 0 fully saturated rings. The number of benzene rings is 1. The third-order valence-electron chi connectivity index (χ3n) is 4.71. The van der Waals surface area contributed by atoms with E-state index in [0.717, 1.165) is 22.9 Å². The minimum absolute atomic E-state index is 0.0208. The van der Waals surface area contributed by atoms with Crippen molar-refractivity contribution in [2.24, 2.45) is 0 Å². The fourth-order valence-corrected chi connectivity index (χ4v) is 3.04. The van der Waals surface area contributed by atoms with Crippen molar-refractivity contribution in [1.29, 1.82) is 0 Å². The zero-order chi connectivity index (χ0) is 24.5. The van der Waals surface area contributed by atoms with Gasteiger partial charge in [0.05, 0.1) is 11.3 Å². The van der Waals surface area contributed by atoms with E-state index in [-0.39, 0.29) is 23.1 Å². The highest BCUT2D eigenvalue weighted by atomic mass is 19.4. The standard InChI is InChI=1S/C22H16F3N5O4/c1-12-9-17(31)18(28-30(12)16-7-3-6-15(10-16)22(23,24)25)21(32)33-13(2)20-27-19(29-34-20)14-5-4-8-26-11-14/h3-11,13H,1-2H3. The Morgan fingerprint density at radius 2 is 1.97 bits per heavy atom. The van der Waals surface area contributed by atoms with Crippen LogP contribution in [0.1, 0.15) is 40.7 Å². The monoisotopic (exact) mass is 471 g/mol. The molecule has 0 saturated heterocycles. The van der Waals surface area contributed by atoms with Gasteiger partial charge in [0.25, 0.3) is 5.89 Å². The molecule has 0 radical (unpaired) electrons. The lowest BCUT2D eigenvalue weighted by atomic mass is 10.2. The van der Waals surface area contributed by atoms with Gasteiger partial charge in [0.2, 0.25) is 16.9 Å². The number of pyridine rings is 1. The molecule has 0 spiro atoms. The highest BCUT2D eigenvalue weighted by Gasteiger charge is 2.31. The highest BCUT2D eigenvalue weighted by Crippen LogP contribution is 2.30. The first kappa shape index (κ1) is 22.8. The molecule has 3 heterocycles. The van der Waals surface area contributed by atoms with Gasteiger partial charge in [0.15, 0.2) is 6.10 Å². The summed E-state index contributed by atoms with van der Waals surface area (Å²) in [5.74, 6) is -0.900. The van der Waals surface area contributed by atoms with Gasteiger partial charge in [0, 0.05) is 29.7 Å². The number of ether oxygens (including phenoxy) is 1. The number of aryl methyl sites for hydroxylation is 1. The lowest BCUT2D eigenvalue weighted by Gasteiger charge is -2.14. The molecule has 4 aromatic rings. The number of carbonyl (C=O) groups is 1. The first-order chi connectivity index (χ1) is 16.1. The Morgan fingerprint density at radius 1 is 1.18 bits per heavy atom. The van der Waals surface area contributed by atoms with E-state index in [1.807, 2.05) is 0 Å². The summed E-state index contributed by atoms with van der Waals surface area (Å²) in [4.78, 5) is 33.2. The Hall–Kier alpha value is -4.35. The zero-order valence-electron chi connectivity index (χ0n) is 17.8. The van der Waals surface area contributed by atoms with Gasteiger partial charge in [-0.25, -0.2) is 9.48 Å². The third kappa shape index (κ3) is 4.70. The van der Waals surface area contributed by atoms with E-state index in [1.165, 1.54) is 32.2 Å². The second-order valence-corrected chi connectivity index (χ2v) is 7.20. The molecule has 174 valence electrons.